The molecule has 0 bridgehead atoms. The molecule has 0 atom stereocenters. The summed E-state index contributed by atoms with van der Waals surface area (Å²) >= 11 is 0. The Labute approximate surface area is 117 Å². The molecule has 0 radical (unpaired) electrons. The average Bonchev–Trinajstić information content (AvgIpc) is 2.43. The Hall–Kier alpha value is -0.160. The van der Waals surface area contributed by atoms with Crippen molar-refractivity contribution >= 4 is 0 Å². The minimum Gasteiger partial charge on any atom is -0.384 e. The Morgan fingerprint density at radius 1 is 1.21 bits per heavy atom. The van der Waals surface area contributed by atoms with Crippen LogP contribution in [0.25, 0.3) is 0 Å². The van der Waals surface area contributed by atoms with Crippen LogP contribution in [-0.2, 0) is 9.47 Å². The summed E-state index contributed by atoms with van der Waals surface area (Å²) in [4.78, 5) is 2.62. The number of likely N-dealkylation sites (tertiary alicyclic amines) is 1. The fourth-order valence-corrected chi connectivity index (χ4v) is 3.56. The summed E-state index contributed by atoms with van der Waals surface area (Å²) in [7, 11) is 1.84. The van der Waals surface area contributed by atoms with Crippen LogP contribution in [0.2, 0.25) is 0 Å². The molecule has 4 heteroatoms. The van der Waals surface area contributed by atoms with Crippen molar-refractivity contribution in [3.63, 3.8) is 0 Å². The Bertz CT molecular complexity index is 241. The highest BCUT2D eigenvalue weighted by Gasteiger charge is 2.35. The molecular formula is C15H30N2O2. The molecule has 0 unspecified atom stereocenters. The van der Waals surface area contributed by atoms with Crippen molar-refractivity contribution in [1.29, 1.82) is 0 Å². The molecule has 112 valence electrons. The first-order chi connectivity index (χ1) is 9.28. The van der Waals surface area contributed by atoms with Crippen molar-refractivity contribution in [1.82, 2.24) is 10.2 Å². The van der Waals surface area contributed by atoms with Crippen LogP contribution in [-0.4, -0.2) is 64.1 Å². The number of rotatable bonds is 6. The van der Waals surface area contributed by atoms with E-state index < -0.39 is 0 Å². The number of nitrogens with one attached hydrogen (secondary N) is 1. The van der Waals surface area contributed by atoms with Gasteiger partial charge in [-0.1, -0.05) is 0 Å². The maximum atomic E-state index is 5.73. The SMILES string of the molecule is CCOC1CCN(CC2(COC)CCNCC2)CC1. The molecule has 19 heavy (non-hydrogen) atoms. The van der Waals surface area contributed by atoms with E-state index in [0.717, 1.165) is 26.3 Å². The molecule has 2 fully saturated rings. The van der Waals surface area contributed by atoms with Gasteiger partial charge in [-0.15, -0.1) is 0 Å². The number of hydrogen-bond acceptors (Lipinski definition) is 4. The Morgan fingerprint density at radius 2 is 1.89 bits per heavy atom. The number of nitrogens with zero attached hydrogens (tertiary/aromatic N) is 1. The molecule has 2 rings (SSSR count). The fraction of sp³-hybridized carbons (Fsp3) is 1.00. The Morgan fingerprint density at radius 3 is 2.47 bits per heavy atom. The van der Waals surface area contributed by atoms with E-state index in [4.69, 9.17) is 9.47 Å². The summed E-state index contributed by atoms with van der Waals surface area (Å²) in [6, 6.07) is 0. The smallest absolute Gasteiger partial charge is 0.0599 e. The molecule has 0 aromatic rings. The topological polar surface area (TPSA) is 33.7 Å². The Balaban J connectivity index is 1.81. The first-order valence-corrected chi connectivity index (χ1v) is 7.81. The van der Waals surface area contributed by atoms with Crippen molar-refractivity contribution in [2.75, 3.05) is 53.0 Å². The van der Waals surface area contributed by atoms with Crippen LogP contribution in [0.1, 0.15) is 32.6 Å². The third-order valence-corrected chi connectivity index (χ3v) is 4.61. The normalized spacial score (nSPS) is 25.6. The van der Waals surface area contributed by atoms with E-state index >= 15 is 0 Å². The molecule has 0 saturated carbocycles. The second-order valence-electron chi connectivity index (χ2n) is 6.11. The lowest BCUT2D eigenvalue weighted by Crippen LogP contribution is -2.49. The lowest BCUT2D eigenvalue weighted by molar-refractivity contribution is -0.0172. The Kier molecular flexibility index (Phi) is 6.07. The van der Waals surface area contributed by atoms with E-state index in [1.165, 1.54) is 45.3 Å². The second kappa shape index (κ2) is 7.58. The highest BCUT2D eigenvalue weighted by Crippen LogP contribution is 2.31. The molecule has 4 nitrogen and oxygen atoms in total. The summed E-state index contributed by atoms with van der Waals surface area (Å²) in [6.45, 7) is 9.69. The number of hydrogen-bond donors (Lipinski definition) is 1. The van der Waals surface area contributed by atoms with E-state index in [1.807, 2.05) is 7.11 Å². The molecular weight excluding hydrogens is 240 g/mol. The molecule has 0 amide bonds. The van der Waals surface area contributed by atoms with Crippen LogP contribution in [0.3, 0.4) is 0 Å². The summed E-state index contributed by atoms with van der Waals surface area (Å²) in [5.41, 5.74) is 0.373. The lowest BCUT2D eigenvalue weighted by atomic mass is 9.78. The van der Waals surface area contributed by atoms with Gasteiger partial charge < -0.3 is 19.7 Å². The first kappa shape index (κ1) is 15.2. The predicted octanol–water partition coefficient (Wildman–Crippen LogP) is 1.50. The van der Waals surface area contributed by atoms with Gasteiger partial charge in [-0.25, -0.2) is 0 Å². The number of piperidine rings is 2. The van der Waals surface area contributed by atoms with Crippen LogP contribution < -0.4 is 5.32 Å². The summed E-state index contributed by atoms with van der Waals surface area (Å²) in [6.07, 6.45) is 5.36. The first-order valence-electron chi connectivity index (χ1n) is 7.81. The van der Waals surface area contributed by atoms with Crippen LogP contribution in [0.15, 0.2) is 0 Å². The average molecular weight is 270 g/mol. The van der Waals surface area contributed by atoms with Crippen molar-refractivity contribution in [3.05, 3.63) is 0 Å². The molecule has 2 saturated heterocycles. The van der Waals surface area contributed by atoms with Gasteiger partial charge >= 0.3 is 0 Å². The van der Waals surface area contributed by atoms with Gasteiger partial charge in [0.15, 0.2) is 0 Å². The van der Waals surface area contributed by atoms with E-state index in [-0.39, 0.29) is 0 Å². The van der Waals surface area contributed by atoms with E-state index in [0.29, 0.717) is 11.5 Å². The molecule has 0 aromatic carbocycles. The van der Waals surface area contributed by atoms with Gasteiger partial charge in [-0.05, 0) is 45.7 Å². The molecule has 2 aliphatic heterocycles. The molecule has 1 N–H and O–H groups in total. The van der Waals surface area contributed by atoms with Crippen LogP contribution in [0.5, 0.6) is 0 Å². The molecule has 2 heterocycles. The maximum absolute atomic E-state index is 5.73. The number of ether oxygens (including phenoxy) is 2. The van der Waals surface area contributed by atoms with Crippen molar-refractivity contribution in [2.24, 2.45) is 5.41 Å². The molecule has 2 aliphatic rings. The van der Waals surface area contributed by atoms with Gasteiger partial charge in [0.25, 0.3) is 0 Å². The third kappa shape index (κ3) is 4.42. The van der Waals surface area contributed by atoms with Gasteiger partial charge in [0.05, 0.1) is 12.7 Å². The van der Waals surface area contributed by atoms with Crippen LogP contribution >= 0.6 is 0 Å². The molecule has 0 aliphatic carbocycles. The van der Waals surface area contributed by atoms with Crippen molar-refractivity contribution in [3.8, 4) is 0 Å². The van der Waals surface area contributed by atoms with Crippen LogP contribution in [0.4, 0.5) is 0 Å². The zero-order chi connectivity index (χ0) is 13.6. The minimum atomic E-state index is 0.373. The van der Waals surface area contributed by atoms with Gasteiger partial charge in [-0.2, -0.15) is 0 Å². The minimum absolute atomic E-state index is 0.373. The van der Waals surface area contributed by atoms with Crippen molar-refractivity contribution in [2.45, 2.75) is 38.7 Å². The standard InChI is InChI=1S/C15H30N2O2/c1-3-19-14-4-10-17(11-5-14)12-15(13-18-2)6-8-16-9-7-15/h14,16H,3-13H2,1-2H3. The maximum Gasteiger partial charge on any atom is 0.0599 e. The summed E-state index contributed by atoms with van der Waals surface area (Å²) in [5.74, 6) is 0. The monoisotopic (exact) mass is 270 g/mol. The highest BCUT2D eigenvalue weighted by molar-refractivity contribution is 4.88. The fourth-order valence-electron chi connectivity index (χ4n) is 3.56. The second-order valence-corrected chi connectivity index (χ2v) is 6.11. The third-order valence-electron chi connectivity index (χ3n) is 4.61. The highest BCUT2D eigenvalue weighted by atomic mass is 16.5. The zero-order valence-corrected chi connectivity index (χ0v) is 12.6. The largest absolute Gasteiger partial charge is 0.384 e. The summed E-state index contributed by atoms with van der Waals surface area (Å²) in [5, 5.41) is 3.46. The summed E-state index contributed by atoms with van der Waals surface area (Å²) < 4.78 is 11.2. The van der Waals surface area contributed by atoms with Gasteiger partial charge in [0.1, 0.15) is 0 Å². The van der Waals surface area contributed by atoms with Crippen LogP contribution in [0, 0.1) is 5.41 Å². The van der Waals surface area contributed by atoms with E-state index in [9.17, 15) is 0 Å². The van der Waals surface area contributed by atoms with Crippen molar-refractivity contribution < 1.29 is 9.47 Å². The molecule has 0 spiro atoms. The molecule has 0 aromatic heterocycles. The van der Waals surface area contributed by atoms with Gasteiger partial charge in [-0.3, -0.25) is 0 Å². The predicted molar refractivity (Wildman–Crippen MR) is 77.5 cm³/mol. The van der Waals surface area contributed by atoms with E-state index in [2.05, 4.69) is 17.1 Å². The quantitative estimate of drug-likeness (QED) is 0.793. The zero-order valence-electron chi connectivity index (χ0n) is 12.6. The lowest BCUT2D eigenvalue weighted by Gasteiger charge is -2.43. The van der Waals surface area contributed by atoms with Gasteiger partial charge in [0, 0.05) is 38.8 Å². The number of methoxy groups -OCH3 is 1. The van der Waals surface area contributed by atoms with E-state index in [1.54, 1.807) is 0 Å². The van der Waals surface area contributed by atoms with Gasteiger partial charge in [0.2, 0.25) is 0 Å².